The number of carbonyl (C=O) groups is 1. The molecule has 0 radical (unpaired) electrons. The Morgan fingerprint density at radius 1 is 1.11 bits per heavy atom. The SMILES string of the molecule is CN[C@H]1CCN(C(=O)c2ccc(-c3cn(S(=O)(=O)c4ccc(C)cc4)c4ncc(Br)nc34)cc2)C1. The fraction of sp³-hybridized carbons (Fsp3) is 0.240. The number of nitrogens with zero attached hydrogens (tertiary/aromatic N) is 4. The highest BCUT2D eigenvalue weighted by Gasteiger charge is 2.27. The Balaban J connectivity index is 1.54. The molecule has 4 aromatic rings. The zero-order valence-corrected chi connectivity index (χ0v) is 21.7. The maximum absolute atomic E-state index is 13.5. The summed E-state index contributed by atoms with van der Waals surface area (Å²) >= 11 is 3.34. The molecule has 0 aliphatic carbocycles. The Hall–Kier alpha value is -3.08. The molecule has 8 nitrogen and oxygen atoms in total. The second-order valence-corrected chi connectivity index (χ2v) is 11.3. The maximum Gasteiger partial charge on any atom is 0.269 e. The van der Waals surface area contributed by atoms with Crippen molar-refractivity contribution in [2.75, 3.05) is 20.1 Å². The van der Waals surface area contributed by atoms with Crippen molar-refractivity contribution in [1.29, 1.82) is 0 Å². The molecule has 1 fully saturated rings. The highest BCUT2D eigenvalue weighted by atomic mass is 79.9. The van der Waals surface area contributed by atoms with Crippen molar-refractivity contribution in [2.45, 2.75) is 24.3 Å². The summed E-state index contributed by atoms with van der Waals surface area (Å²) in [6.45, 7) is 3.31. The van der Waals surface area contributed by atoms with Gasteiger partial charge in [-0.05, 0) is 66.2 Å². The Morgan fingerprint density at radius 2 is 1.83 bits per heavy atom. The maximum atomic E-state index is 13.5. The van der Waals surface area contributed by atoms with Gasteiger partial charge in [0, 0.05) is 36.5 Å². The van der Waals surface area contributed by atoms with E-state index in [-0.39, 0.29) is 16.4 Å². The van der Waals surface area contributed by atoms with Gasteiger partial charge >= 0.3 is 0 Å². The second-order valence-electron chi connectivity index (χ2n) is 8.62. The lowest BCUT2D eigenvalue weighted by Gasteiger charge is -2.16. The van der Waals surface area contributed by atoms with Gasteiger partial charge in [0.05, 0.1) is 11.1 Å². The van der Waals surface area contributed by atoms with Crippen molar-refractivity contribution in [3.63, 3.8) is 0 Å². The van der Waals surface area contributed by atoms with Crippen molar-refractivity contribution < 1.29 is 13.2 Å². The zero-order chi connectivity index (χ0) is 24.7. The van der Waals surface area contributed by atoms with Crippen LogP contribution in [0.25, 0.3) is 22.3 Å². The van der Waals surface area contributed by atoms with E-state index in [1.165, 1.54) is 10.2 Å². The van der Waals surface area contributed by atoms with E-state index in [1.54, 1.807) is 42.6 Å². The summed E-state index contributed by atoms with van der Waals surface area (Å²) in [5.41, 5.74) is 3.60. The summed E-state index contributed by atoms with van der Waals surface area (Å²) in [5, 5.41) is 3.22. The molecular weight excluding hydrogens is 530 g/mol. The minimum absolute atomic E-state index is 0.0128. The first-order chi connectivity index (χ1) is 16.8. The summed E-state index contributed by atoms with van der Waals surface area (Å²) < 4.78 is 28.6. The minimum Gasteiger partial charge on any atom is -0.337 e. The van der Waals surface area contributed by atoms with Gasteiger partial charge in [0.1, 0.15) is 10.1 Å². The monoisotopic (exact) mass is 553 g/mol. The standard InChI is InChI=1S/C25H24BrN5O3S/c1-16-3-9-20(10-4-16)35(33,34)31-15-21(23-24(31)28-13-22(26)29-23)17-5-7-18(8-6-17)25(32)30-12-11-19(14-30)27-2/h3-10,13,15,19,27H,11-12,14H2,1-2H3/t19-/m0/s1. The zero-order valence-electron chi connectivity index (χ0n) is 19.3. The van der Waals surface area contributed by atoms with Gasteiger partial charge in [0.25, 0.3) is 15.9 Å². The lowest BCUT2D eigenvalue weighted by molar-refractivity contribution is 0.0789. The van der Waals surface area contributed by atoms with E-state index in [1.807, 2.05) is 31.0 Å². The number of hydrogen-bond acceptors (Lipinski definition) is 6. The Kier molecular flexibility index (Phi) is 6.20. The molecule has 1 N–H and O–H groups in total. The van der Waals surface area contributed by atoms with Crippen LogP contribution in [0.2, 0.25) is 0 Å². The molecule has 1 saturated heterocycles. The van der Waals surface area contributed by atoms with Gasteiger partial charge in [-0.25, -0.2) is 22.4 Å². The van der Waals surface area contributed by atoms with Gasteiger partial charge in [-0.15, -0.1) is 0 Å². The molecule has 3 heterocycles. The third-order valence-corrected chi connectivity index (χ3v) is 8.38. The predicted molar refractivity (Wildman–Crippen MR) is 138 cm³/mol. The number of amides is 1. The Labute approximate surface area is 212 Å². The van der Waals surface area contributed by atoms with Crippen molar-refractivity contribution in [2.24, 2.45) is 0 Å². The Bertz CT molecular complexity index is 1520. The molecule has 2 aromatic carbocycles. The molecule has 35 heavy (non-hydrogen) atoms. The van der Waals surface area contributed by atoms with Crippen LogP contribution in [-0.2, 0) is 10.0 Å². The van der Waals surface area contributed by atoms with E-state index in [9.17, 15) is 13.2 Å². The average Bonchev–Trinajstić information content (AvgIpc) is 3.49. The second kappa shape index (κ2) is 9.18. The van der Waals surface area contributed by atoms with Crippen LogP contribution in [0.3, 0.4) is 0 Å². The van der Waals surface area contributed by atoms with Crippen molar-refractivity contribution in [1.82, 2.24) is 24.2 Å². The van der Waals surface area contributed by atoms with Gasteiger partial charge in [-0.2, -0.15) is 0 Å². The topological polar surface area (TPSA) is 97.2 Å². The molecule has 1 aliphatic rings. The molecule has 1 amide bonds. The van der Waals surface area contributed by atoms with Crippen molar-refractivity contribution in [3.05, 3.63) is 76.7 Å². The number of aromatic nitrogens is 3. The number of rotatable bonds is 5. The van der Waals surface area contributed by atoms with Gasteiger partial charge in [0.15, 0.2) is 5.65 Å². The van der Waals surface area contributed by atoms with Crippen LogP contribution >= 0.6 is 15.9 Å². The van der Waals surface area contributed by atoms with E-state index in [2.05, 4.69) is 31.2 Å². The fourth-order valence-corrected chi connectivity index (χ4v) is 5.91. The highest BCUT2D eigenvalue weighted by molar-refractivity contribution is 9.10. The number of carbonyl (C=O) groups excluding carboxylic acids is 1. The van der Waals surface area contributed by atoms with Crippen LogP contribution in [0.15, 0.2) is 70.4 Å². The smallest absolute Gasteiger partial charge is 0.269 e. The van der Waals surface area contributed by atoms with E-state index in [0.29, 0.717) is 33.8 Å². The summed E-state index contributed by atoms with van der Waals surface area (Å²) in [6, 6.07) is 14.2. The number of hydrogen-bond donors (Lipinski definition) is 1. The summed E-state index contributed by atoms with van der Waals surface area (Å²) in [5.74, 6) is -0.0128. The molecule has 2 aromatic heterocycles. The fourth-order valence-electron chi connectivity index (χ4n) is 4.32. The van der Waals surface area contributed by atoms with Crippen LogP contribution in [-0.4, -0.2) is 59.3 Å². The molecule has 10 heteroatoms. The van der Waals surface area contributed by atoms with Crippen LogP contribution in [0.1, 0.15) is 22.3 Å². The van der Waals surface area contributed by atoms with Gasteiger partial charge < -0.3 is 10.2 Å². The average molecular weight is 554 g/mol. The first-order valence-electron chi connectivity index (χ1n) is 11.2. The molecule has 0 spiro atoms. The predicted octanol–water partition coefficient (Wildman–Crippen LogP) is 3.84. The number of aryl methyl sites for hydroxylation is 1. The van der Waals surface area contributed by atoms with Crippen LogP contribution in [0.4, 0.5) is 0 Å². The van der Waals surface area contributed by atoms with E-state index in [0.717, 1.165) is 24.1 Å². The van der Waals surface area contributed by atoms with Crippen LogP contribution in [0.5, 0.6) is 0 Å². The third kappa shape index (κ3) is 4.37. The van der Waals surface area contributed by atoms with Gasteiger partial charge in [-0.1, -0.05) is 29.8 Å². The quantitative estimate of drug-likeness (QED) is 0.403. The number of likely N-dealkylation sites (tertiary alicyclic amines) is 1. The van der Waals surface area contributed by atoms with E-state index in [4.69, 9.17) is 0 Å². The molecule has 180 valence electrons. The molecule has 5 rings (SSSR count). The lowest BCUT2D eigenvalue weighted by atomic mass is 10.1. The number of likely N-dealkylation sites (N-methyl/N-ethyl adjacent to an activating group) is 1. The summed E-state index contributed by atoms with van der Waals surface area (Å²) in [7, 11) is -1.98. The summed E-state index contributed by atoms with van der Waals surface area (Å²) in [6.07, 6.45) is 3.95. The van der Waals surface area contributed by atoms with Crippen molar-refractivity contribution >= 4 is 43.0 Å². The number of benzene rings is 2. The molecule has 1 aliphatic heterocycles. The molecular formula is C25H24BrN5O3S. The lowest BCUT2D eigenvalue weighted by Crippen LogP contribution is -2.33. The number of halogens is 1. The normalized spacial score (nSPS) is 16.2. The largest absolute Gasteiger partial charge is 0.337 e. The first-order valence-corrected chi connectivity index (χ1v) is 13.4. The highest BCUT2D eigenvalue weighted by Crippen LogP contribution is 2.32. The molecule has 0 unspecified atom stereocenters. The number of fused-ring (bicyclic) bond motifs is 1. The van der Waals surface area contributed by atoms with Crippen molar-refractivity contribution in [3.8, 4) is 11.1 Å². The van der Waals surface area contributed by atoms with Gasteiger partial charge in [0.2, 0.25) is 0 Å². The van der Waals surface area contributed by atoms with E-state index >= 15 is 0 Å². The van der Waals surface area contributed by atoms with Crippen LogP contribution in [0, 0.1) is 6.92 Å². The third-order valence-electron chi connectivity index (χ3n) is 6.34. The number of nitrogens with one attached hydrogen (secondary N) is 1. The minimum atomic E-state index is -3.89. The summed E-state index contributed by atoms with van der Waals surface area (Å²) in [4.78, 5) is 23.8. The molecule has 0 saturated carbocycles. The van der Waals surface area contributed by atoms with Gasteiger partial charge in [-0.3, -0.25) is 4.79 Å². The van der Waals surface area contributed by atoms with E-state index < -0.39 is 10.0 Å². The first kappa shape index (κ1) is 23.7. The molecule has 0 bridgehead atoms. The molecule has 1 atom stereocenters. The Morgan fingerprint density at radius 3 is 2.49 bits per heavy atom. The van der Waals surface area contributed by atoms with Crippen LogP contribution < -0.4 is 5.32 Å².